The molecule has 0 radical (unpaired) electrons. The molecule has 1 fully saturated rings. The van der Waals surface area contributed by atoms with Crippen LogP contribution < -0.4 is 5.32 Å². The summed E-state index contributed by atoms with van der Waals surface area (Å²) in [6.45, 7) is 10.9. The summed E-state index contributed by atoms with van der Waals surface area (Å²) in [6, 6.07) is 0.169. The zero-order valence-corrected chi connectivity index (χ0v) is 12.1. The van der Waals surface area contributed by atoms with E-state index in [0.717, 1.165) is 32.6 Å². The van der Waals surface area contributed by atoms with E-state index in [1.54, 1.807) is 0 Å². The molecule has 2 atom stereocenters. The number of hydrogen-bond donors (Lipinski definition) is 1. The van der Waals surface area contributed by atoms with Crippen molar-refractivity contribution in [3.63, 3.8) is 0 Å². The number of rotatable bonds is 6. The highest BCUT2D eigenvalue weighted by molar-refractivity contribution is 4.96. The Morgan fingerprint density at radius 2 is 2.11 bits per heavy atom. The molecule has 1 aromatic rings. The summed E-state index contributed by atoms with van der Waals surface area (Å²) in [5.41, 5.74) is 0. The molecule has 0 saturated carbocycles. The van der Waals surface area contributed by atoms with E-state index >= 15 is 0 Å². The average molecular weight is 268 g/mol. The van der Waals surface area contributed by atoms with E-state index in [2.05, 4.69) is 34.2 Å². The van der Waals surface area contributed by atoms with Gasteiger partial charge in [-0.05, 0) is 20.3 Å². The number of piperazine rings is 1. The topological polar surface area (TPSA) is 63.4 Å². The summed E-state index contributed by atoms with van der Waals surface area (Å²) in [5, 5.41) is 7.41. The van der Waals surface area contributed by atoms with Gasteiger partial charge in [0, 0.05) is 32.8 Å². The van der Waals surface area contributed by atoms with Crippen molar-refractivity contribution in [2.45, 2.75) is 39.3 Å². The van der Waals surface area contributed by atoms with Gasteiger partial charge in [-0.25, -0.2) is 0 Å². The normalized spacial score (nSPS) is 20.4. The Labute approximate surface area is 114 Å². The lowest BCUT2D eigenvalue weighted by atomic mass is 10.2. The molecule has 2 rings (SSSR count). The number of nitrogens with one attached hydrogen (secondary N) is 1. The van der Waals surface area contributed by atoms with Crippen LogP contribution in [0.25, 0.3) is 0 Å². The molecule has 108 valence electrons. The van der Waals surface area contributed by atoms with Crippen LogP contribution in [-0.2, 0) is 4.74 Å². The molecule has 6 heteroatoms. The molecule has 0 aliphatic carbocycles. The van der Waals surface area contributed by atoms with Crippen molar-refractivity contribution in [1.82, 2.24) is 20.4 Å². The monoisotopic (exact) mass is 268 g/mol. The van der Waals surface area contributed by atoms with E-state index in [0.29, 0.717) is 18.3 Å². The van der Waals surface area contributed by atoms with Crippen LogP contribution in [0.15, 0.2) is 4.52 Å². The maximum absolute atomic E-state index is 5.61. The van der Waals surface area contributed by atoms with Crippen molar-refractivity contribution in [3.8, 4) is 0 Å². The number of nitrogens with zero attached hydrogens (tertiary/aromatic N) is 3. The minimum Gasteiger partial charge on any atom is -0.370 e. The predicted molar refractivity (Wildman–Crippen MR) is 71.8 cm³/mol. The van der Waals surface area contributed by atoms with Gasteiger partial charge in [-0.1, -0.05) is 12.1 Å². The van der Waals surface area contributed by atoms with Crippen molar-refractivity contribution in [1.29, 1.82) is 0 Å². The first-order valence-corrected chi connectivity index (χ1v) is 7.16. The Morgan fingerprint density at radius 3 is 2.74 bits per heavy atom. The third-order valence-electron chi connectivity index (χ3n) is 3.54. The standard InChI is InChI=1S/C13H24N4O2/c1-4-11(18-5-2)12-15-13(19-16-12)10(3)17-8-6-14-7-9-17/h10-11,14H,4-9H2,1-3H3. The van der Waals surface area contributed by atoms with E-state index in [4.69, 9.17) is 9.26 Å². The first-order valence-electron chi connectivity index (χ1n) is 7.16. The van der Waals surface area contributed by atoms with Gasteiger partial charge in [0.1, 0.15) is 6.10 Å². The molecule has 1 aromatic heterocycles. The molecule has 1 aliphatic heterocycles. The van der Waals surface area contributed by atoms with Gasteiger partial charge >= 0.3 is 0 Å². The number of aromatic nitrogens is 2. The van der Waals surface area contributed by atoms with Gasteiger partial charge in [0.2, 0.25) is 11.7 Å². The van der Waals surface area contributed by atoms with Crippen molar-refractivity contribution < 1.29 is 9.26 Å². The van der Waals surface area contributed by atoms with Crippen LogP contribution in [0.4, 0.5) is 0 Å². The van der Waals surface area contributed by atoms with Gasteiger partial charge in [-0.15, -0.1) is 0 Å². The van der Waals surface area contributed by atoms with E-state index in [1.807, 2.05) is 6.92 Å². The van der Waals surface area contributed by atoms with Crippen LogP contribution in [0.5, 0.6) is 0 Å². The van der Waals surface area contributed by atoms with Crippen molar-refractivity contribution in [2.24, 2.45) is 0 Å². The predicted octanol–water partition coefficient (Wildman–Crippen LogP) is 1.52. The fraction of sp³-hybridized carbons (Fsp3) is 0.846. The molecule has 2 heterocycles. The van der Waals surface area contributed by atoms with Crippen molar-refractivity contribution >= 4 is 0 Å². The van der Waals surface area contributed by atoms with Crippen LogP contribution >= 0.6 is 0 Å². The maximum Gasteiger partial charge on any atom is 0.243 e. The molecule has 19 heavy (non-hydrogen) atoms. The van der Waals surface area contributed by atoms with E-state index in [1.165, 1.54) is 0 Å². The summed E-state index contributed by atoms with van der Waals surface area (Å²) in [5.74, 6) is 1.36. The molecule has 1 aliphatic rings. The second kappa shape index (κ2) is 6.98. The first-order chi connectivity index (χ1) is 9.26. The van der Waals surface area contributed by atoms with E-state index in [-0.39, 0.29) is 12.1 Å². The highest BCUT2D eigenvalue weighted by Crippen LogP contribution is 2.23. The van der Waals surface area contributed by atoms with Gasteiger partial charge in [-0.2, -0.15) is 4.98 Å². The summed E-state index contributed by atoms with van der Waals surface area (Å²) >= 11 is 0. The second-order valence-electron chi connectivity index (χ2n) is 4.80. The fourth-order valence-corrected chi connectivity index (χ4v) is 2.35. The third-order valence-corrected chi connectivity index (χ3v) is 3.54. The molecule has 0 amide bonds. The van der Waals surface area contributed by atoms with Crippen LogP contribution in [0.2, 0.25) is 0 Å². The molecule has 0 aromatic carbocycles. The Kier molecular flexibility index (Phi) is 5.30. The first kappa shape index (κ1) is 14.4. The lowest BCUT2D eigenvalue weighted by molar-refractivity contribution is 0.0518. The SMILES string of the molecule is CCOC(CC)c1noc(C(C)N2CCNCC2)n1. The van der Waals surface area contributed by atoms with Crippen LogP contribution in [0, 0.1) is 0 Å². The smallest absolute Gasteiger partial charge is 0.243 e. The molecule has 1 saturated heterocycles. The zero-order chi connectivity index (χ0) is 13.7. The second-order valence-corrected chi connectivity index (χ2v) is 4.80. The van der Waals surface area contributed by atoms with Gasteiger partial charge in [0.25, 0.3) is 0 Å². The minimum absolute atomic E-state index is 0.0577. The maximum atomic E-state index is 5.61. The third kappa shape index (κ3) is 3.52. The fourth-order valence-electron chi connectivity index (χ4n) is 2.35. The highest BCUT2D eigenvalue weighted by atomic mass is 16.5. The minimum atomic E-state index is -0.0577. The summed E-state index contributed by atoms with van der Waals surface area (Å²) in [6.07, 6.45) is 0.798. The van der Waals surface area contributed by atoms with Crippen LogP contribution in [0.1, 0.15) is 51.1 Å². The van der Waals surface area contributed by atoms with Gasteiger partial charge in [0.15, 0.2) is 0 Å². The number of ether oxygens (including phenoxy) is 1. The molecule has 2 unspecified atom stereocenters. The lowest BCUT2D eigenvalue weighted by Crippen LogP contribution is -2.44. The molecular weight excluding hydrogens is 244 g/mol. The van der Waals surface area contributed by atoms with Crippen molar-refractivity contribution in [2.75, 3.05) is 32.8 Å². The largest absolute Gasteiger partial charge is 0.370 e. The summed E-state index contributed by atoms with van der Waals surface area (Å²) in [4.78, 5) is 6.87. The Hall–Kier alpha value is -0.980. The molecular formula is C13H24N4O2. The average Bonchev–Trinajstić information content (AvgIpc) is 2.94. The molecule has 6 nitrogen and oxygen atoms in total. The quantitative estimate of drug-likeness (QED) is 0.844. The van der Waals surface area contributed by atoms with Crippen LogP contribution in [-0.4, -0.2) is 47.8 Å². The summed E-state index contributed by atoms with van der Waals surface area (Å²) in [7, 11) is 0. The van der Waals surface area contributed by atoms with Crippen LogP contribution in [0.3, 0.4) is 0 Å². The van der Waals surface area contributed by atoms with Crippen molar-refractivity contribution in [3.05, 3.63) is 11.7 Å². The Bertz CT molecular complexity index is 376. The van der Waals surface area contributed by atoms with Gasteiger partial charge in [0.05, 0.1) is 6.04 Å². The lowest BCUT2D eigenvalue weighted by Gasteiger charge is -2.30. The molecule has 0 bridgehead atoms. The van der Waals surface area contributed by atoms with E-state index in [9.17, 15) is 0 Å². The molecule has 1 N–H and O–H groups in total. The molecule has 0 spiro atoms. The number of hydrogen-bond acceptors (Lipinski definition) is 6. The zero-order valence-electron chi connectivity index (χ0n) is 12.1. The van der Waals surface area contributed by atoms with Gasteiger partial charge < -0.3 is 14.6 Å². The Balaban J connectivity index is 2.02. The highest BCUT2D eigenvalue weighted by Gasteiger charge is 2.25. The van der Waals surface area contributed by atoms with Gasteiger partial charge in [-0.3, -0.25) is 4.90 Å². The summed E-state index contributed by atoms with van der Waals surface area (Å²) < 4.78 is 11.0. The van der Waals surface area contributed by atoms with E-state index < -0.39 is 0 Å². The Morgan fingerprint density at radius 1 is 1.37 bits per heavy atom.